The molecule has 35 heavy (non-hydrogen) atoms. The largest absolute Gasteiger partial charge is 0.444 e. The Hall–Kier alpha value is -2.15. The van der Waals surface area contributed by atoms with Crippen molar-refractivity contribution >= 4 is 12.1 Å². The van der Waals surface area contributed by atoms with Crippen molar-refractivity contribution < 1.29 is 23.8 Å². The van der Waals surface area contributed by atoms with Gasteiger partial charge in [0.1, 0.15) is 5.60 Å². The Balaban J connectivity index is 1.90. The Morgan fingerprint density at radius 2 is 1.97 bits per heavy atom. The number of amides is 1. The first-order valence-corrected chi connectivity index (χ1v) is 13.1. The van der Waals surface area contributed by atoms with Crippen molar-refractivity contribution in [3.05, 3.63) is 29.1 Å². The van der Waals surface area contributed by atoms with Crippen LogP contribution in [0.4, 0.5) is 4.79 Å². The molecular weight excluding hydrogens is 444 g/mol. The van der Waals surface area contributed by atoms with Gasteiger partial charge in [0.05, 0.1) is 6.04 Å². The molecule has 2 aliphatic rings. The van der Waals surface area contributed by atoms with Crippen LogP contribution in [0.5, 0.6) is 0 Å². The zero-order chi connectivity index (χ0) is 26.0. The van der Waals surface area contributed by atoms with E-state index >= 15 is 0 Å². The van der Waals surface area contributed by atoms with Crippen LogP contribution in [-0.2, 0) is 31.8 Å². The van der Waals surface area contributed by atoms with E-state index in [1.165, 1.54) is 24.8 Å². The number of cyclic esters (lactones) is 1. The summed E-state index contributed by atoms with van der Waals surface area (Å²) in [5, 5.41) is 2.94. The Labute approximate surface area is 210 Å². The zero-order valence-corrected chi connectivity index (χ0v) is 22.8. The topological polar surface area (TPSA) is 86.8 Å². The highest BCUT2D eigenvalue weighted by molar-refractivity contribution is 5.84. The van der Waals surface area contributed by atoms with Crippen LogP contribution in [-0.4, -0.2) is 40.1 Å². The highest BCUT2D eigenvalue weighted by atomic mass is 16.8. The van der Waals surface area contributed by atoms with Gasteiger partial charge in [-0.1, -0.05) is 33.1 Å². The van der Waals surface area contributed by atoms with Crippen molar-refractivity contribution in [2.75, 3.05) is 0 Å². The van der Waals surface area contributed by atoms with Crippen molar-refractivity contribution in [3.8, 4) is 0 Å². The molecule has 1 N–H and O–H groups in total. The number of carbonyl (C=O) groups is 2. The maximum absolute atomic E-state index is 13.4. The first-order chi connectivity index (χ1) is 16.2. The second-order valence-corrected chi connectivity index (χ2v) is 12.2. The molecule has 1 amide bonds. The third-order valence-electron chi connectivity index (χ3n) is 6.54. The molecule has 1 aromatic rings. The normalized spacial score (nSPS) is 22.7. The van der Waals surface area contributed by atoms with Gasteiger partial charge in [-0.15, -0.1) is 0 Å². The van der Waals surface area contributed by atoms with E-state index in [0.717, 1.165) is 30.0 Å². The summed E-state index contributed by atoms with van der Waals surface area (Å²) in [6, 6.07) is 1.44. The molecule has 0 spiro atoms. The van der Waals surface area contributed by atoms with Crippen molar-refractivity contribution in [1.29, 1.82) is 0 Å². The predicted molar refractivity (Wildman–Crippen MR) is 135 cm³/mol. The summed E-state index contributed by atoms with van der Waals surface area (Å²) in [5.41, 5.74) is 1.09. The van der Waals surface area contributed by atoms with Crippen LogP contribution < -0.4 is 5.32 Å². The van der Waals surface area contributed by atoms with E-state index < -0.39 is 35.1 Å². The zero-order valence-electron chi connectivity index (χ0n) is 22.8. The fourth-order valence-corrected chi connectivity index (χ4v) is 4.78. The number of rotatable bonds is 10. The molecule has 1 aliphatic carbocycles. The van der Waals surface area contributed by atoms with Gasteiger partial charge in [-0.05, 0) is 76.0 Å². The molecule has 7 heteroatoms. The van der Waals surface area contributed by atoms with Crippen molar-refractivity contribution in [2.24, 2.45) is 11.8 Å². The van der Waals surface area contributed by atoms with Gasteiger partial charge >= 0.3 is 12.1 Å². The van der Waals surface area contributed by atoms with E-state index in [9.17, 15) is 9.59 Å². The number of nitrogens with one attached hydrogen (secondary N) is 1. The highest BCUT2D eigenvalue weighted by Gasteiger charge is 2.59. The third-order valence-corrected chi connectivity index (χ3v) is 6.54. The number of ether oxygens (including phenoxy) is 3. The van der Waals surface area contributed by atoms with Crippen LogP contribution >= 0.6 is 0 Å². The first kappa shape index (κ1) is 27.4. The third kappa shape index (κ3) is 7.66. The van der Waals surface area contributed by atoms with Crippen LogP contribution in [0.25, 0.3) is 0 Å². The number of carbonyl (C=O) groups excluding carboxylic acids is 2. The second kappa shape index (κ2) is 10.5. The molecule has 0 aromatic carbocycles. The molecule has 0 bridgehead atoms. The van der Waals surface area contributed by atoms with E-state index in [1.807, 2.05) is 40.8 Å². The van der Waals surface area contributed by atoms with E-state index in [2.05, 4.69) is 23.3 Å². The second-order valence-electron chi connectivity index (χ2n) is 12.2. The number of esters is 1. The van der Waals surface area contributed by atoms with Crippen LogP contribution in [0.15, 0.2) is 12.3 Å². The molecule has 1 saturated heterocycles. The fourth-order valence-electron chi connectivity index (χ4n) is 4.78. The number of nitrogens with zero attached hydrogens (tertiary/aromatic N) is 1. The number of pyridine rings is 1. The van der Waals surface area contributed by atoms with Crippen molar-refractivity contribution in [3.63, 3.8) is 0 Å². The molecule has 2 heterocycles. The van der Waals surface area contributed by atoms with Crippen molar-refractivity contribution in [1.82, 2.24) is 10.3 Å². The lowest BCUT2D eigenvalue weighted by Crippen LogP contribution is -2.59. The maximum atomic E-state index is 13.4. The van der Waals surface area contributed by atoms with Gasteiger partial charge in [-0.2, -0.15) is 0 Å². The summed E-state index contributed by atoms with van der Waals surface area (Å²) < 4.78 is 17.5. The molecule has 0 radical (unpaired) electrons. The van der Waals surface area contributed by atoms with Crippen LogP contribution in [0.3, 0.4) is 0 Å². The Kier molecular flexibility index (Phi) is 8.19. The Bertz CT molecular complexity index is 916. The molecule has 3 rings (SSSR count). The average molecular weight is 489 g/mol. The quantitative estimate of drug-likeness (QED) is 0.428. The molecule has 1 saturated carbocycles. The summed E-state index contributed by atoms with van der Waals surface area (Å²) in [4.78, 5) is 30.9. The van der Waals surface area contributed by atoms with Gasteiger partial charge in [0.25, 0.3) is 0 Å². The summed E-state index contributed by atoms with van der Waals surface area (Å²) in [6.07, 6.45) is 8.15. The lowest BCUT2D eigenvalue weighted by Gasteiger charge is -2.36. The van der Waals surface area contributed by atoms with Gasteiger partial charge in [-0.25, -0.2) is 9.59 Å². The number of aryl methyl sites for hydroxylation is 2. The minimum atomic E-state index is -1.40. The molecule has 0 unspecified atom stereocenters. The number of aromatic nitrogens is 1. The van der Waals surface area contributed by atoms with E-state index in [0.29, 0.717) is 6.42 Å². The Morgan fingerprint density at radius 3 is 2.51 bits per heavy atom. The standard InChI is InChI=1S/C28H44N2O5/c1-18(2)14-23(30-25(32)34-26(4,5)6)28(24(31)33-27(7,8)35-28)16-22-15-21(19(3)17-29-22)11-9-10-20-12-13-20/h15,17-18,20,23H,9-14,16H2,1-8H3,(H,30,32)/t23-,28+/m0/s1. The number of hydrogen-bond acceptors (Lipinski definition) is 6. The monoisotopic (exact) mass is 488 g/mol. The fraction of sp³-hybridized carbons (Fsp3) is 0.750. The lowest BCUT2D eigenvalue weighted by atomic mass is 9.83. The van der Waals surface area contributed by atoms with Gasteiger partial charge in [-0.3, -0.25) is 4.98 Å². The van der Waals surface area contributed by atoms with Crippen LogP contribution in [0, 0.1) is 18.8 Å². The summed E-state index contributed by atoms with van der Waals surface area (Å²) in [5.74, 6) is -0.503. The molecule has 7 nitrogen and oxygen atoms in total. The van der Waals surface area contributed by atoms with Gasteiger partial charge < -0.3 is 19.5 Å². The first-order valence-electron chi connectivity index (χ1n) is 13.1. The maximum Gasteiger partial charge on any atom is 0.407 e. The van der Waals surface area contributed by atoms with Gasteiger partial charge in [0, 0.05) is 32.2 Å². The average Bonchev–Trinajstić information content (AvgIpc) is 3.47. The summed E-state index contributed by atoms with van der Waals surface area (Å²) >= 11 is 0. The van der Waals surface area contributed by atoms with Gasteiger partial charge in [0.15, 0.2) is 5.60 Å². The number of hydrogen-bond donors (Lipinski definition) is 1. The molecular formula is C28H44N2O5. The molecule has 1 aliphatic heterocycles. The van der Waals surface area contributed by atoms with E-state index in [-0.39, 0.29) is 12.3 Å². The molecule has 196 valence electrons. The molecule has 2 fully saturated rings. The smallest absolute Gasteiger partial charge is 0.407 e. The van der Waals surface area contributed by atoms with E-state index in [4.69, 9.17) is 14.2 Å². The highest BCUT2D eigenvalue weighted by Crippen LogP contribution is 2.39. The predicted octanol–water partition coefficient (Wildman–Crippen LogP) is 5.65. The summed E-state index contributed by atoms with van der Waals surface area (Å²) in [6.45, 7) is 15.0. The van der Waals surface area contributed by atoms with Crippen LogP contribution in [0.1, 0.15) is 97.4 Å². The van der Waals surface area contributed by atoms with E-state index in [1.54, 1.807) is 13.8 Å². The minimum absolute atomic E-state index is 0.191. The van der Waals surface area contributed by atoms with Gasteiger partial charge in [0.2, 0.25) is 5.79 Å². The summed E-state index contributed by atoms with van der Waals surface area (Å²) in [7, 11) is 0. The lowest BCUT2D eigenvalue weighted by molar-refractivity contribution is -0.170. The Morgan fingerprint density at radius 1 is 1.29 bits per heavy atom. The molecule has 2 atom stereocenters. The van der Waals surface area contributed by atoms with Crippen molar-refractivity contribution in [2.45, 2.75) is 123 Å². The van der Waals surface area contributed by atoms with Crippen LogP contribution in [0.2, 0.25) is 0 Å². The molecule has 1 aromatic heterocycles. The number of alkyl carbamates (subject to hydrolysis) is 1. The SMILES string of the molecule is Cc1cnc(C[C@]2([C@H](CC(C)C)NC(=O)OC(C)(C)C)OC(C)(C)OC2=O)cc1CCCC1CC1. The minimum Gasteiger partial charge on any atom is -0.444 e.